The molecule has 1 aromatic carbocycles. The van der Waals surface area contributed by atoms with Crippen molar-refractivity contribution in [1.29, 1.82) is 0 Å². The van der Waals surface area contributed by atoms with Crippen molar-refractivity contribution in [3.8, 4) is 5.75 Å². The molecule has 0 spiro atoms. The van der Waals surface area contributed by atoms with Gasteiger partial charge in [0.15, 0.2) is 0 Å². The molecule has 2 saturated carbocycles. The van der Waals surface area contributed by atoms with E-state index < -0.39 is 37.2 Å². The standard InChI is InChI=1S/C33H46F9NO4S/c1-29-12-11-25-24-8-6-23(45-18-14-43(2)13-3-15-44-19-20-48)21-22(24)5-7-26(25)27(29)9-10-28(29)46-16-4-17-47-30(31(34,35)36,32(37,38)39)33(40,41)42/h6,8,21,25-28,48H,3-5,7,9-20H2,1-2H3. The van der Waals surface area contributed by atoms with E-state index in [2.05, 4.69) is 48.4 Å². The molecule has 0 amide bonds. The van der Waals surface area contributed by atoms with E-state index in [1.807, 2.05) is 6.07 Å². The van der Waals surface area contributed by atoms with E-state index in [9.17, 15) is 39.5 Å². The van der Waals surface area contributed by atoms with Gasteiger partial charge >= 0.3 is 24.1 Å². The van der Waals surface area contributed by atoms with Crippen molar-refractivity contribution in [2.24, 2.45) is 17.3 Å². The molecule has 0 heterocycles. The molecule has 5 unspecified atom stereocenters. The van der Waals surface area contributed by atoms with Crippen LogP contribution in [0, 0.1) is 17.3 Å². The number of aryl methyl sites for hydroxylation is 1. The lowest BCUT2D eigenvalue weighted by molar-refractivity contribution is -0.457. The predicted molar refractivity (Wildman–Crippen MR) is 165 cm³/mol. The van der Waals surface area contributed by atoms with E-state index in [-0.39, 0.29) is 18.1 Å². The molecule has 1 aromatic rings. The number of alkyl halides is 9. The van der Waals surface area contributed by atoms with Gasteiger partial charge in [0.1, 0.15) is 12.4 Å². The molecule has 48 heavy (non-hydrogen) atoms. The van der Waals surface area contributed by atoms with E-state index in [0.29, 0.717) is 49.7 Å². The number of hydrogen-bond acceptors (Lipinski definition) is 6. The highest BCUT2D eigenvalue weighted by atomic mass is 32.1. The highest BCUT2D eigenvalue weighted by molar-refractivity contribution is 7.80. The average Bonchev–Trinajstić information content (AvgIpc) is 3.32. The fraction of sp³-hybridized carbons (Fsp3) is 0.818. The molecule has 5 nitrogen and oxygen atoms in total. The Morgan fingerprint density at radius 3 is 2.21 bits per heavy atom. The van der Waals surface area contributed by atoms with Gasteiger partial charge in [0, 0.05) is 32.1 Å². The second-order valence-electron chi connectivity index (χ2n) is 13.5. The molecular weight excluding hydrogens is 677 g/mol. The third-order valence-electron chi connectivity index (χ3n) is 10.5. The van der Waals surface area contributed by atoms with Crippen LogP contribution in [0.1, 0.15) is 68.9 Å². The van der Waals surface area contributed by atoms with Crippen LogP contribution in [0.4, 0.5) is 39.5 Å². The minimum Gasteiger partial charge on any atom is -0.492 e. The summed E-state index contributed by atoms with van der Waals surface area (Å²) < 4.78 is 139. The monoisotopic (exact) mass is 723 g/mol. The Labute approximate surface area is 281 Å². The molecule has 0 saturated heterocycles. The van der Waals surface area contributed by atoms with Gasteiger partial charge in [-0.2, -0.15) is 52.1 Å². The van der Waals surface area contributed by atoms with Crippen molar-refractivity contribution in [1.82, 2.24) is 4.90 Å². The zero-order valence-electron chi connectivity index (χ0n) is 27.3. The van der Waals surface area contributed by atoms with Crippen molar-refractivity contribution in [3.05, 3.63) is 29.3 Å². The molecule has 4 rings (SSSR count). The minimum atomic E-state index is -6.73. The molecular formula is C33H46F9NO4S. The van der Waals surface area contributed by atoms with Crippen molar-refractivity contribution < 1.29 is 58.5 Å². The first-order valence-corrected chi connectivity index (χ1v) is 17.2. The van der Waals surface area contributed by atoms with Gasteiger partial charge in [-0.15, -0.1) is 0 Å². The van der Waals surface area contributed by atoms with Crippen LogP contribution in [0.2, 0.25) is 0 Å². The summed E-state index contributed by atoms with van der Waals surface area (Å²) in [6.45, 7) is 4.02. The van der Waals surface area contributed by atoms with Crippen molar-refractivity contribution in [2.75, 3.05) is 58.9 Å². The Balaban J connectivity index is 1.27. The predicted octanol–water partition coefficient (Wildman–Crippen LogP) is 8.41. The normalized spacial score (nSPS) is 26.4. The maximum absolute atomic E-state index is 13.1. The summed E-state index contributed by atoms with van der Waals surface area (Å²) in [6.07, 6.45) is -15.0. The number of hydrogen-bond donors (Lipinski definition) is 1. The van der Waals surface area contributed by atoms with E-state index in [4.69, 9.17) is 14.2 Å². The molecule has 3 aliphatic rings. The van der Waals surface area contributed by atoms with Gasteiger partial charge < -0.3 is 23.8 Å². The highest BCUT2D eigenvalue weighted by Gasteiger charge is 2.85. The fourth-order valence-electron chi connectivity index (χ4n) is 8.15. The van der Waals surface area contributed by atoms with Gasteiger partial charge in [-0.3, -0.25) is 0 Å². The SMILES string of the molecule is CN(CCCOCCS)CCOc1ccc2c(c1)CCC1C2CCC2(C)C(OCCCOC(C(F)(F)F)(C(F)(F)F)C(F)(F)F)CCC12. The third-order valence-corrected chi connectivity index (χ3v) is 10.7. The number of fused-ring (bicyclic) bond motifs is 5. The Morgan fingerprint density at radius 1 is 0.833 bits per heavy atom. The van der Waals surface area contributed by atoms with Crippen LogP contribution in [0.15, 0.2) is 18.2 Å². The molecule has 15 heteroatoms. The first-order chi connectivity index (χ1) is 22.5. The van der Waals surface area contributed by atoms with Gasteiger partial charge in [0.25, 0.3) is 0 Å². The molecule has 5 atom stereocenters. The first-order valence-electron chi connectivity index (χ1n) is 16.5. The van der Waals surface area contributed by atoms with Crippen molar-refractivity contribution >= 4 is 12.6 Å². The van der Waals surface area contributed by atoms with Crippen LogP contribution in [0.5, 0.6) is 5.75 Å². The van der Waals surface area contributed by atoms with Crippen molar-refractivity contribution in [3.63, 3.8) is 0 Å². The lowest BCUT2D eigenvalue weighted by Gasteiger charge is -2.50. The summed E-state index contributed by atoms with van der Waals surface area (Å²) in [4.78, 5) is 2.21. The van der Waals surface area contributed by atoms with E-state index >= 15 is 0 Å². The van der Waals surface area contributed by atoms with Crippen LogP contribution in [0.3, 0.4) is 0 Å². The summed E-state index contributed by atoms with van der Waals surface area (Å²) in [5.74, 6) is 2.63. The molecule has 0 radical (unpaired) electrons. The van der Waals surface area contributed by atoms with Crippen LogP contribution in [-0.2, 0) is 20.6 Å². The van der Waals surface area contributed by atoms with E-state index in [1.54, 1.807) is 0 Å². The summed E-state index contributed by atoms with van der Waals surface area (Å²) in [6, 6.07) is 6.32. The van der Waals surface area contributed by atoms with Gasteiger partial charge in [0.05, 0.1) is 19.3 Å². The second kappa shape index (κ2) is 15.9. The summed E-state index contributed by atoms with van der Waals surface area (Å²) >= 11 is 4.13. The van der Waals surface area contributed by atoms with E-state index in [0.717, 1.165) is 57.4 Å². The second-order valence-corrected chi connectivity index (χ2v) is 13.9. The summed E-state index contributed by atoms with van der Waals surface area (Å²) in [7, 11) is 2.05. The topological polar surface area (TPSA) is 40.2 Å². The zero-order chi connectivity index (χ0) is 35.4. The molecule has 0 aliphatic heterocycles. The highest BCUT2D eigenvalue weighted by Crippen LogP contribution is 2.62. The number of thiol groups is 1. The Bertz CT molecular complexity index is 1150. The Morgan fingerprint density at radius 2 is 1.54 bits per heavy atom. The molecule has 0 bridgehead atoms. The Hall–Kier alpha value is -1.42. The number of likely N-dealkylation sites (N-methyl/N-ethyl adjacent to an activating group) is 1. The van der Waals surface area contributed by atoms with E-state index in [1.165, 1.54) is 11.1 Å². The summed E-state index contributed by atoms with van der Waals surface area (Å²) in [5.41, 5.74) is -3.90. The van der Waals surface area contributed by atoms with Gasteiger partial charge in [0.2, 0.25) is 0 Å². The maximum Gasteiger partial charge on any atom is 0.435 e. The largest absolute Gasteiger partial charge is 0.492 e. The smallest absolute Gasteiger partial charge is 0.435 e. The number of nitrogens with zero attached hydrogens (tertiary/aromatic N) is 1. The molecule has 3 aliphatic carbocycles. The quantitative estimate of drug-likeness (QED) is 0.105. The molecule has 2 fully saturated rings. The third kappa shape index (κ3) is 8.37. The number of halogens is 9. The number of ether oxygens (including phenoxy) is 4. The van der Waals surface area contributed by atoms with Crippen LogP contribution < -0.4 is 4.74 Å². The zero-order valence-corrected chi connectivity index (χ0v) is 28.2. The minimum absolute atomic E-state index is 0.249. The van der Waals surface area contributed by atoms with Crippen LogP contribution in [-0.4, -0.2) is 94.1 Å². The molecule has 0 aromatic heterocycles. The lowest BCUT2D eigenvalue weighted by Crippen LogP contribution is -2.67. The summed E-state index contributed by atoms with van der Waals surface area (Å²) in [5, 5.41) is 0. The average molecular weight is 724 g/mol. The van der Waals surface area contributed by atoms with Gasteiger partial charge in [-0.05, 0) is 105 Å². The fourth-order valence-corrected chi connectivity index (χ4v) is 8.27. The first kappa shape index (κ1) is 39.4. The lowest BCUT2D eigenvalue weighted by atomic mass is 9.55. The number of rotatable bonds is 16. The van der Waals surface area contributed by atoms with Crippen molar-refractivity contribution in [2.45, 2.75) is 94.4 Å². The number of benzene rings is 1. The Kier molecular flexibility index (Phi) is 13.0. The van der Waals surface area contributed by atoms with Gasteiger partial charge in [-0.25, -0.2) is 0 Å². The maximum atomic E-state index is 13.1. The van der Waals surface area contributed by atoms with Crippen LogP contribution >= 0.6 is 12.6 Å². The van der Waals surface area contributed by atoms with Crippen LogP contribution in [0.25, 0.3) is 0 Å². The molecule has 276 valence electrons. The van der Waals surface area contributed by atoms with Gasteiger partial charge in [-0.1, -0.05) is 13.0 Å². The molecule has 0 N–H and O–H groups in total.